The molecule has 1 amide bonds. The average Bonchev–Trinajstić information content (AvgIpc) is 2.74. The summed E-state index contributed by atoms with van der Waals surface area (Å²) >= 11 is 5.78. The Balaban J connectivity index is 2.33. The molecule has 1 aromatic heterocycles. The summed E-state index contributed by atoms with van der Waals surface area (Å²) in [5.74, 6) is -1.88. The van der Waals surface area contributed by atoms with E-state index >= 15 is 0 Å². The van der Waals surface area contributed by atoms with Crippen molar-refractivity contribution in [1.29, 1.82) is 0 Å². The first-order valence-electron chi connectivity index (χ1n) is 5.08. The standard InChI is InChI=1S/C11H5ClF4N2OS/c12-10-18-8(11(14,15)16)7(20-10)9(19)17-6-4-2-1-3-5(6)13/h1-4H,(H,17,19). The molecule has 9 heteroatoms. The smallest absolute Gasteiger partial charge is 0.319 e. The minimum Gasteiger partial charge on any atom is -0.319 e. The van der Waals surface area contributed by atoms with E-state index in [9.17, 15) is 22.4 Å². The van der Waals surface area contributed by atoms with Crippen LogP contribution >= 0.6 is 22.9 Å². The lowest BCUT2D eigenvalue weighted by atomic mass is 10.3. The monoisotopic (exact) mass is 324 g/mol. The summed E-state index contributed by atoms with van der Waals surface area (Å²) in [5, 5.41) is 2.05. The third-order valence-electron chi connectivity index (χ3n) is 2.20. The number of benzene rings is 1. The van der Waals surface area contributed by atoms with E-state index in [0.717, 1.165) is 6.07 Å². The highest BCUT2D eigenvalue weighted by molar-refractivity contribution is 7.17. The highest BCUT2D eigenvalue weighted by Gasteiger charge is 2.39. The number of carbonyl (C=O) groups is 1. The Bertz CT molecular complexity index is 656. The van der Waals surface area contributed by atoms with Gasteiger partial charge in [0.25, 0.3) is 5.91 Å². The number of hydrogen-bond donors (Lipinski definition) is 1. The summed E-state index contributed by atoms with van der Waals surface area (Å²) in [6, 6.07) is 5.11. The quantitative estimate of drug-likeness (QED) is 0.841. The van der Waals surface area contributed by atoms with Crippen molar-refractivity contribution >= 4 is 34.5 Å². The van der Waals surface area contributed by atoms with Crippen LogP contribution in [-0.4, -0.2) is 10.9 Å². The SMILES string of the molecule is O=C(Nc1ccccc1F)c1sc(Cl)nc1C(F)(F)F. The van der Waals surface area contributed by atoms with Crippen LogP contribution in [0.5, 0.6) is 0 Å². The molecule has 3 nitrogen and oxygen atoms in total. The van der Waals surface area contributed by atoms with Gasteiger partial charge in [0.1, 0.15) is 10.7 Å². The second kappa shape index (κ2) is 5.37. The molecule has 106 valence electrons. The van der Waals surface area contributed by atoms with Gasteiger partial charge < -0.3 is 5.32 Å². The zero-order valence-electron chi connectivity index (χ0n) is 9.46. The largest absolute Gasteiger partial charge is 0.435 e. The molecule has 0 atom stereocenters. The normalized spacial score (nSPS) is 11.4. The molecule has 20 heavy (non-hydrogen) atoms. The van der Waals surface area contributed by atoms with E-state index in [4.69, 9.17) is 11.6 Å². The molecule has 0 aliphatic rings. The number of amides is 1. The maximum absolute atomic E-state index is 13.3. The van der Waals surface area contributed by atoms with Gasteiger partial charge in [-0.05, 0) is 12.1 Å². The van der Waals surface area contributed by atoms with Crippen LogP contribution in [0, 0.1) is 5.82 Å². The van der Waals surface area contributed by atoms with Crippen molar-refractivity contribution in [3.63, 3.8) is 0 Å². The van der Waals surface area contributed by atoms with E-state index in [1.54, 1.807) is 0 Å². The molecule has 0 saturated carbocycles. The lowest BCUT2D eigenvalue weighted by Crippen LogP contribution is -2.17. The Morgan fingerprint density at radius 3 is 2.55 bits per heavy atom. The molecule has 2 rings (SSSR count). The van der Waals surface area contributed by atoms with E-state index in [1.165, 1.54) is 18.2 Å². The van der Waals surface area contributed by atoms with Crippen molar-refractivity contribution in [2.24, 2.45) is 0 Å². The first kappa shape index (κ1) is 14.7. The lowest BCUT2D eigenvalue weighted by molar-refractivity contribution is -0.141. The average molecular weight is 325 g/mol. The molecule has 0 aliphatic carbocycles. The van der Waals surface area contributed by atoms with Crippen LogP contribution in [0.2, 0.25) is 4.47 Å². The fourth-order valence-corrected chi connectivity index (χ4v) is 2.40. The number of nitrogens with zero attached hydrogens (tertiary/aromatic N) is 1. The summed E-state index contributed by atoms with van der Waals surface area (Å²) < 4.78 is 50.9. The zero-order valence-corrected chi connectivity index (χ0v) is 11.0. The maximum atomic E-state index is 13.3. The van der Waals surface area contributed by atoms with Crippen LogP contribution in [0.3, 0.4) is 0 Å². The molecule has 1 heterocycles. The second-order valence-corrected chi connectivity index (χ2v) is 5.16. The number of halogens is 5. The predicted molar refractivity (Wildman–Crippen MR) is 66.5 cm³/mol. The Kier molecular flexibility index (Phi) is 3.96. The minimum absolute atomic E-state index is 0.227. The fourth-order valence-electron chi connectivity index (χ4n) is 1.38. The number of rotatable bonds is 2. The van der Waals surface area contributed by atoms with Gasteiger partial charge in [0, 0.05) is 0 Å². The van der Waals surface area contributed by atoms with Crippen molar-refractivity contribution in [3.8, 4) is 0 Å². The van der Waals surface area contributed by atoms with E-state index in [-0.39, 0.29) is 5.69 Å². The number of hydrogen-bond acceptors (Lipinski definition) is 3. The number of anilines is 1. The van der Waals surface area contributed by atoms with Crippen LogP contribution in [-0.2, 0) is 6.18 Å². The van der Waals surface area contributed by atoms with Crippen molar-refractivity contribution in [2.75, 3.05) is 5.32 Å². The highest BCUT2D eigenvalue weighted by Crippen LogP contribution is 2.36. The fraction of sp³-hybridized carbons (Fsp3) is 0.0909. The molecule has 0 bridgehead atoms. The summed E-state index contributed by atoms with van der Waals surface area (Å²) in [4.78, 5) is 14.1. The van der Waals surface area contributed by atoms with Crippen molar-refractivity contribution in [1.82, 2.24) is 4.98 Å². The third-order valence-corrected chi connectivity index (χ3v) is 3.36. The molecule has 0 fully saturated rings. The van der Waals surface area contributed by atoms with Gasteiger partial charge >= 0.3 is 6.18 Å². The van der Waals surface area contributed by atoms with Crippen LogP contribution in [0.15, 0.2) is 24.3 Å². The number of carbonyl (C=O) groups excluding carboxylic acids is 1. The summed E-state index contributed by atoms with van der Waals surface area (Å²) in [6.07, 6.45) is -4.81. The number of alkyl halides is 3. The summed E-state index contributed by atoms with van der Waals surface area (Å²) in [7, 11) is 0. The molecule has 0 spiro atoms. The van der Waals surface area contributed by atoms with Gasteiger partial charge in [-0.2, -0.15) is 13.2 Å². The maximum Gasteiger partial charge on any atom is 0.435 e. The summed E-state index contributed by atoms with van der Waals surface area (Å²) in [5.41, 5.74) is -1.61. The van der Waals surface area contributed by atoms with E-state index < -0.39 is 32.9 Å². The number of para-hydroxylation sites is 1. The predicted octanol–water partition coefficient (Wildman–Crippen LogP) is 4.21. The lowest BCUT2D eigenvalue weighted by Gasteiger charge is -2.07. The molecule has 0 aliphatic heterocycles. The van der Waals surface area contributed by atoms with Gasteiger partial charge in [0.2, 0.25) is 0 Å². The Morgan fingerprint density at radius 2 is 1.95 bits per heavy atom. The summed E-state index contributed by atoms with van der Waals surface area (Å²) in [6.45, 7) is 0. The van der Waals surface area contributed by atoms with Gasteiger partial charge in [-0.1, -0.05) is 35.1 Å². The minimum atomic E-state index is -4.81. The van der Waals surface area contributed by atoms with Crippen molar-refractivity contribution in [3.05, 3.63) is 45.1 Å². The number of nitrogens with one attached hydrogen (secondary N) is 1. The first-order valence-corrected chi connectivity index (χ1v) is 6.28. The van der Waals surface area contributed by atoms with Gasteiger partial charge in [-0.15, -0.1) is 0 Å². The number of thiazole rings is 1. The van der Waals surface area contributed by atoms with E-state index in [1.807, 2.05) is 0 Å². The van der Waals surface area contributed by atoms with E-state index in [2.05, 4.69) is 10.3 Å². The van der Waals surface area contributed by atoms with Crippen LogP contribution < -0.4 is 5.32 Å². The van der Waals surface area contributed by atoms with E-state index in [0.29, 0.717) is 11.3 Å². The Labute approximate surface area is 119 Å². The molecule has 2 aromatic rings. The highest BCUT2D eigenvalue weighted by atomic mass is 35.5. The Hall–Kier alpha value is -1.67. The molecule has 0 radical (unpaired) electrons. The molecule has 0 saturated heterocycles. The van der Waals surface area contributed by atoms with Crippen LogP contribution in [0.25, 0.3) is 0 Å². The van der Waals surface area contributed by atoms with Crippen LogP contribution in [0.1, 0.15) is 15.4 Å². The molecular weight excluding hydrogens is 320 g/mol. The number of aromatic nitrogens is 1. The molecule has 1 aromatic carbocycles. The van der Waals surface area contributed by atoms with Gasteiger partial charge in [0.05, 0.1) is 5.69 Å². The topological polar surface area (TPSA) is 42.0 Å². The van der Waals surface area contributed by atoms with Gasteiger partial charge in [-0.3, -0.25) is 4.79 Å². The van der Waals surface area contributed by atoms with Gasteiger partial charge in [0.15, 0.2) is 10.2 Å². The van der Waals surface area contributed by atoms with Crippen LogP contribution in [0.4, 0.5) is 23.2 Å². The molecule has 0 unspecified atom stereocenters. The van der Waals surface area contributed by atoms with Crippen molar-refractivity contribution < 1.29 is 22.4 Å². The zero-order chi connectivity index (χ0) is 14.9. The Morgan fingerprint density at radius 1 is 1.30 bits per heavy atom. The molecular formula is C11H5ClF4N2OS. The third kappa shape index (κ3) is 3.07. The van der Waals surface area contributed by atoms with Crippen molar-refractivity contribution in [2.45, 2.75) is 6.18 Å². The van der Waals surface area contributed by atoms with Gasteiger partial charge in [-0.25, -0.2) is 9.37 Å². The molecule has 1 N–H and O–H groups in total. The second-order valence-electron chi connectivity index (χ2n) is 3.58. The first-order chi connectivity index (χ1) is 9.29.